The highest BCUT2D eigenvalue weighted by molar-refractivity contribution is 5.98. The maximum Gasteiger partial charge on any atom is 0.269 e. The average Bonchev–Trinajstić information content (AvgIpc) is 3.29. The van der Waals surface area contributed by atoms with Crippen molar-refractivity contribution in [1.82, 2.24) is 14.7 Å². The van der Waals surface area contributed by atoms with Gasteiger partial charge in [-0.2, -0.15) is 5.10 Å². The number of primary amides is 1. The Morgan fingerprint density at radius 1 is 1.09 bits per heavy atom. The minimum Gasteiger partial charge on any atom is -0.457 e. The number of nitrogens with one attached hydrogen (secondary N) is 1. The summed E-state index contributed by atoms with van der Waals surface area (Å²) in [6.07, 6.45) is 4.21. The first-order valence-corrected chi connectivity index (χ1v) is 12.0. The van der Waals surface area contributed by atoms with E-state index in [9.17, 15) is 9.59 Å². The van der Waals surface area contributed by atoms with Crippen LogP contribution in [0.3, 0.4) is 0 Å². The van der Waals surface area contributed by atoms with Gasteiger partial charge in [0.25, 0.3) is 5.91 Å². The zero-order valence-corrected chi connectivity index (χ0v) is 19.5. The van der Waals surface area contributed by atoms with Crippen LogP contribution in [0.2, 0.25) is 0 Å². The molecule has 0 radical (unpaired) electrons. The van der Waals surface area contributed by atoms with Gasteiger partial charge in [0.1, 0.15) is 11.5 Å². The molecule has 0 saturated carbocycles. The Labute approximate surface area is 204 Å². The highest BCUT2D eigenvalue weighted by Gasteiger charge is 2.37. The number of hydrogen-bond acceptors (Lipinski definition) is 5. The van der Waals surface area contributed by atoms with E-state index in [1.54, 1.807) is 4.68 Å². The van der Waals surface area contributed by atoms with E-state index in [0.717, 1.165) is 49.5 Å². The molecule has 1 aromatic heterocycles. The fraction of sp³-hybridized carbons (Fsp3) is 0.296. The summed E-state index contributed by atoms with van der Waals surface area (Å²) >= 11 is 0. The van der Waals surface area contributed by atoms with Crippen LogP contribution in [-0.2, 0) is 4.79 Å². The maximum atomic E-state index is 12.5. The molecule has 2 amide bonds. The van der Waals surface area contributed by atoms with Gasteiger partial charge in [-0.15, -0.1) is 0 Å². The van der Waals surface area contributed by atoms with Gasteiger partial charge >= 0.3 is 0 Å². The smallest absolute Gasteiger partial charge is 0.269 e. The number of benzene rings is 2. The number of fused-ring (bicyclic) bond motifs is 1. The molecule has 1 fully saturated rings. The lowest BCUT2D eigenvalue weighted by Gasteiger charge is -2.37. The zero-order valence-electron chi connectivity index (χ0n) is 19.5. The summed E-state index contributed by atoms with van der Waals surface area (Å²) in [7, 11) is 0. The molecule has 0 unspecified atom stereocenters. The highest BCUT2D eigenvalue weighted by Crippen LogP contribution is 2.42. The number of ether oxygens (including phenoxy) is 1. The van der Waals surface area contributed by atoms with Gasteiger partial charge in [0, 0.05) is 25.6 Å². The van der Waals surface area contributed by atoms with Crippen molar-refractivity contribution in [2.24, 2.45) is 11.7 Å². The molecule has 2 aromatic carbocycles. The predicted molar refractivity (Wildman–Crippen MR) is 134 cm³/mol. The van der Waals surface area contributed by atoms with Gasteiger partial charge in [0.15, 0.2) is 5.69 Å². The molecular formula is C27H29N5O3. The van der Waals surface area contributed by atoms with Crippen LogP contribution in [-0.4, -0.2) is 46.1 Å². The molecule has 3 heterocycles. The van der Waals surface area contributed by atoms with E-state index in [4.69, 9.17) is 15.6 Å². The quantitative estimate of drug-likeness (QED) is 0.527. The lowest BCUT2D eigenvalue weighted by molar-refractivity contribution is -0.127. The number of hydrogen-bond donors (Lipinski definition) is 2. The number of anilines is 1. The van der Waals surface area contributed by atoms with Crippen molar-refractivity contribution >= 4 is 17.5 Å². The average molecular weight is 472 g/mol. The van der Waals surface area contributed by atoms with Crippen LogP contribution in [0.5, 0.6) is 11.5 Å². The van der Waals surface area contributed by atoms with Crippen LogP contribution in [0, 0.1) is 5.92 Å². The van der Waals surface area contributed by atoms with Gasteiger partial charge in [-0.25, -0.2) is 4.68 Å². The molecule has 5 rings (SSSR count). The summed E-state index contributed by atoms with van der Waals surface area (Å²) < 4.78 is 7.52. The SMILES string of the molecule is C=CC(=O)N1CCC[C@H]([C@@H]2CCNc3c2nn(-c2ccc(Oc4ccccc4)cc2)c3C(N)=O)C1. The maximum absolute atomic E-state index is 12.5. The Hall–Kier alpha value is -4.07. The van der Waals surface area contributed by atoms with Crippen molar-refractivity contribution in [2.75, 3.05) is 25.0 Å². The van der Waals surface area contributed by atoms with Crippen molar-refractivity contribution in [2.45, 2.75) is 25.2 Å². The standard InChI is InChI=1S/C27H29N5O3/c1-2-23(33)31-16-6-7-18(17-31)22-14-15-29-25-24(22)30-32(26(25)27(28)34)19-10-12-21(13-11-19)35-20-8-4-3-5-9-20/h2-5,8-13,18,22,29H,1,6-7,14-17H2,(H2,28,34)/t18-,22-/m0/s1. The number of nitrogens with two attached hydrogens (primary N) is 1. The number of likely N-dealkylation sites (tertiary alicyclic amines) is 1. The van der Waals surface area contributed by atoms with Gasteiger partial charge < -0.3 is 20.7 Å². The van der Waals surface area contributed by atoms with Crippen molar-refractivity contribution in [3.8, 4) is 17.2 Å². The lowest BCUT2D eigenvalue weighted by atomic mass is 9.79. The minimum atomic E-state index is -0.538. The summed E-state index contributed by atoms with van der Waals surface area (Å²) in [5.74, 6) is 1.25. The van der Waals surface area contributed by atoms with Crippen molar-refractivity contribution in [3.05, 3.63) is 78.6 Å². The zero-order chi connectivity index (χ0) is 24.4. The molecular weight excluding hydrogens is 442 g/mol. The second-order valence-corrected chi connectivity index (χ2v) is 9.01. The molecule has 0 spiro atoms. The largest absolute Gasteiger partial charge is 0.457 e. The third-order valence-electron chi connectivity index (χ3n) is 6.83. The summed E-state index contributed by atoms with van der Waals surface area (Å²) in [6.45, 7) is 5.76. The third kappa shape index (κ3) is 4.51. The summed E-state index contributed by atoms with van der Waals surface area (Å²) in [6, 6.07) is 17.0. The number of aromatic nitrogens is 2. The van der Waals surface area contributed by atoms with E-state index in [1.165, 1.54) is 6.08 Å². The van der Waals surface area contributed by atoms with Gasteiger partial charge in [-0.05, 0) is 67.7 Å². The normalized spacial score (nSPS) is 19.4. The van der Waals surface area contributed by atoms with E-state index in [2.05, 4.69) is 11.9 Å². The number of nitrogens with zero attached hydrogens (tertiary/aromatic N) is 3. The number of carbonyl (C=O) groups is 2. The molecule has 180 valence electrons. The molecule has 3 aromatic rings. The molecule has 35 heavy (non-hydrogen) atoms. The Bertz CT molecular complexity index is 1240. The first kappa shape index (κ1) is 22.7. The van der Waals surface area contributed by atoms with Crippen LogP contribution in [0.1, 0.15) is 41.4 Å². The lowest BCUT2D eigenvalue weighted by Crippen LogP contribution is -2.41. The molecule has 8 heteroatoms. The molecule has 8 nitrogen and oxygen atoms in total. The van der Waals surface area contributed by atoms with Gasteiger partial charge in [0.2, 0.25) is 5.91 Å². The molecule has 2 aliphatic rings. The molecule has 0 aliphatic carbocycles. The van der Waals surface area contributed by atoms with Crippen LogP contribution < -0.4 is 15.8 Å². The molecule has 3 N–H and O–H groups in total. The van der Waals surface area contributed by atoms with E-state index in [0.29, 0.717) is 23.7 Å². The first-order valence-electron chi connectivity index (χ1n) is 12.0. The highest BCUT2D eigenvalue weighted by atomic mass is 16.5. The van der Waals surface area contributed by atoms with Gasteiger partial charge in [0.05, 0.1) is 17.1 Å². The number of amides is 2. The molecule has 2 aliphatic heterocycles. The Kier molecular flexibility index (Phi) is 6.27. The van der Waals surface area contributed by atoms with E-state index < -0.39 is 5.91 Å². The van der Waals surface area contributed by atoms with Crippen molar-refractivity contribution < 1.29 is 14.3 Å². The second kappa shape index (κ2) is 9.66. The number of rotatable bonds is 6. The van der Waals surface area contributed by atoms with Crippen molar-refractivity contribution in [3.63, 3.8) is 0 Å². The third-order valence-corrected chi connectivity index (χ3v) is 6.83. The van der Waals surface area contributed by atoms with E-state index >= 15 is 0 Å². The number of para-hydroxylation sites is 1. The number of piperidine rings is 1. The summed E-state index contributed by atoms with van der Waals surface area (Å²) in [4.78, 5) is 26.6. The fourth-order valence-electron chi connectivity index (χ4n) is 5.18. The summed E-state index contributed by atoms with van der Waals surface area (Å²) in [5, 5.41) is 8.25. The minimum absolute atomic E-state index is 0.0370. The summed E-state index contributed by atoms with van der Waals surface area (Å²) in [5.41, 5.74) is 8.43. The van der Waals surface area contributed by atoms with Gasteiger partial charge in [-0.3, -0.25) is 9.59 Å². The number of carbonyl (C=O) groups excluding carboxylic acids is 2. The van der Waals surface area contributed by atoms with Crippen LogP contribution in [0.4, 0.5) is 5.69 Å². The molecule has 2 atom stereocenters. The van der Waals surface area contributed by atoms with E-state index in [-0.39, 0.29) is 17.7 Å². The van der Waals surface area contributed by atoms with Crippen LogP contribution >= 0.6 is 0 Å². The predicted octanol–water partition coefficient (Wildman–Crippen LogP) is 4.09. The topological polar surface area (TPSA) is 102 Å². The molecule has 1 saturated heterocycles. The first-order chi connectivity index (χ1) is 17.0. The monoisotopic (exact) mass is 471 g/mol. The Morgan fingerprint density at radius 3 is 2.54 bits per heavy atom. The van der Waals surface area contributed by atoms with E-state index in [1.807, 2.05) is 59.5 Å². The Morgan fingerprint density at radius 2 is 1.83 bits per heavy atom. The van der Waals surface area contributed by atoms with Crippen LogP contribution in [0.15, 0.2) is 67.3 Å². The second-order valence-electron chi connectivity index (χ2n) is 9.01. The van der Waals surface area contributed by atoms with Gasteiger partial charge in [-0.1, -0.05) is 24.8 Å². The molecule has 0 bridgehead atoms. The van der Waals surface area contributed by atoms with Crippen LogP contribution in [0.25, 0.3) is 5.69 Å². The fourth-order valence-corrected chi connectivity index (χ4v) is 5.18. The van der Waals surface area contributed by atoms with Crippen molar-refractivity contribution in [1.29, 1.82) is 0 Å². The Balaban J connectivity index is 1.45.